The fourth-order valence-corrected chi connectivity index (χ4v) is 4.89. The molecule has 0 spiro atoms. The summed E-state index contributed by atoms with van der Waals surface area (Å²) >= 11 is 0. The molecule has 0 unspecified atom stereocenters. The van der Waals surface area contributed by atoms with Crippen LogP contribution >= 0.6 is 8.24 Å². The average molecular weight is 409 g/mol. The van der Waals surface area contributed by atoms with Crippen LogP contribution in [0.15, 0.2) is 106 Å². The van der Waals surface area contributed by atoms with Crippen LogP contribution in [-0.4, -0.2) is 4.98 Å². The Morgan fingerprint density at radius 3 is 1.80 bits per heavy atom. The van der Waals surface area contributed by atoms with E-state index in [1.807, 2.05) is 48.5 Å². The average Bonchev–Trinajstić information content (AvgIpc) is 2.96. The Hall–Kier alpha value is -3.75. The number of nitrogens with zero attached hydrogens (tertiary/aromatic N) is 1. The molecule has 2 heterocycles. The van der Waals surface area contributed by atoms with Crippen molar-refractivity contribution in [1.29, 1.82) is 0 Å². The first-order chi connectivity index (χ1) is 14.9. The van der Waals surface area contributed by atoms with Crippen molar-refractivity contribution in [3.05, 3.63) is 97.3 Å². The van der Waals surface area contributed by atoms with Gasteiger partial charge in [-0.2, -0.15) is 0 Å². The summed E-state index contributed by atoms with van der Waals surface area (Å²) in [7, 11) is -1.70. The first-order valence-corrected chi connectivity index (χ1v) is 10.7. The van der Waals surface area contributed by atoms with Crippen molar-refractivity contribution in [3.63, 3.8) is 0 Å². The van der Waals surface area contributed by atoms with Crippen molar-refractivity contribution in [3.8, 4) is 5.75 Å². The Morgan fingerprint density at radius 1 is 0.633 bits per heavy atom. The van der Waals surface area contributed by atoms with Gasteiger partial charge in [0.1, 0.15) is 11.2 Å². The highest BCUT2D eigenvalue weighted by atomic mass is 31.1. The number of rotatable bonds is 2. The zero-order valence-electron chi connectivity index (χ0n) is 15.9. The molecule has 0 atom stereocenters. The first kappa shape index (κ1) is 17.1. The van der Waals surface area contributed by atoms with Gasteiger partial charge in [0.25, 0.3) is 0 Å². The van der Waals surface area contributed by atoms with E-state index in [0.717, 1.165) is 43.5 Å². The van der Waals surface area contributed by atoms with Gasteiger partial charge in [-0.1, -0.05) is 60.7 Å². The van der Waals surface area contributed by atoms with Gasteiger partial charge in [-0.05, 0) is 45.8 Å². The van der Waals surface area contributed by atoms with E-state index in [1.54, 1.807) is 12.4 Å². The van der Waals surface area contributed by atoms with Crippen LogP contribution in [0.2, 0.25) is 0 Å². The van der Waals surface area contributed by atoms with Crippen LogP contribution in [0.1, 0.15) is 0 Å². The molecule has 30 heavy (non-hydrogen) atoms. The fourth-order valence-electron chi connectivity index (χ4n) is 3.87. The molecule has 4 aromatic carbocycles. The lowest BCUT2D eigenvalue weighted by Crippen LogP contribution is -1.79. The normalized spacial score (nSPS) is 11.3. The van der Waals surface area contributed by atoms with Crippen LogP contribution in [-0.2, 0) is 0 Å². The van der Waals surface area contributed by atoms with E-state index in [2.05, 4.69) is 41.4 Å². The SMILES string of the molecule is c1cncc(Op2oc3ccc4ccccc4c3c3c(ccc4ccccc43)o2)c1. The van der Waals surface area contributed by atoms with Crippen LogP contribution < -0.4 is 4.52 Å². The maximum Gasteiger partial charge on any atom is 0.453 e. The summed E-state index contributed by atoms with van der Waals surface area (Å²) < 4.78 is 18.6. The second kappa shape index (κ2) is 6.94. The molecule has 0 saturated carbocycles. The van der Waals surface area contributed by atoms with Gasteiger partial charge in [0.15, 0.2) is 5.75 Å². The van der Waals surface area contributed by atoms with Crippen molar-refractivity contribution >= 4 is 51.7 Å². The number of hydrogen-bond donors (Lipinski definition) is 0. The first-order valence-electron chi connectivity index (χ1n) is 9.65. The summed E-state index contributed by atoms with van der Waals surface area (Å²) in [5.74, 6) is 0.607. The van der Waals surface area contributed by atoms with E-state index >= 15 is 0 Å². The smallest absolute Gasteiger partial charge is 0.390 e. The zero-order valence-corrected chi connectivity index (χ0v) is 16.8. The highest BCUT2D eigenvalue weighted by molar-refractivity contribution is 7.32. The molecule has 144 valence electrons. The van der Waals surface area contributed by atoms with Gasteiger partial charge in [0.05, 0.1) is 6.20 Å². The summed E-state index contributed by atoms with van der Waals surface area (Å²) in [5, 5.41) is 6.60. The zero-order chi connectivity index (χ0) is 19.9. The Bertz CT molecular complexity index is 1480. The minimum absolute atomic E-state index is 0.607. The molecule has 0 fully saturated rings. The van der Waals surface area contributed by atoms with Gasteiger partial charge in [0.2, 0.25) is 0 Å². The lowest BCUT2D eigenvalue weighted by atomic mass is 9.99. The Kier molecular flexibility index (Phi) is 3.97. The van der Waals surface area contributed by atoms with Gasteiger partial charge in [-0.25, -0.2) is 0 Å². The molecule has 0 amide bonds. The second-order valence-electron chi connectivity index (χ2n) is 7.01. The van der Waals surface area contributed by atoms with E-state index in [4.69, 9.17) is 12.9 Å². The number of benzene rings is 4. The number of aromatic nitrogens is 1. The molecule has 5 heteroatoms. The third kappa shape index (κ3) is 2.81. The molecular formula is C25H16NO3P. The molecule has 0 aliphatic heterocycles. The van der Waals surface area contributed by atoms with Crippen LogP contribution in [0.3, 0.4) is 0 Å². The molecule has 4 nitrogen and oxygen atoms in total. The molecule has 0 radical (unpaired) electrons. The third-order valence-corrected chi connectivity index (χ3v) is 6.24. The van der Waals surface area contributed by atoms with Crippen LogP contribution in [0.25, 0.3) is 43.5 Å². The Labute approximate surface area is 173 Å². The van der Waals surface area contributed by atoms with Crippen molar-refractivity contribution < 1.29 is 12.9 Å². The largest absolute Gasteiger partial charge is 0.453 e. The summed E-state index contributed by atoms with van der Waals surface area (Å²) in [5.41, 5.74) is 1.50. The minimum Gasteiger partial charge on any atom is -0.390 e. The second-order valence-corrected chi connectivity index (χ2v) is 8.00. The fraction of sp³-hybridized carbons (Fsp3) is 0. The molecular weight excluding hydrogens is 393 g/mol. The molecule has 6 aromatic rings. The van der Waals surface area contributed by atoms with Gasteiger partial charge >= 0.3 is 8.24 Å². The summed E-state index contributed by atoms with van der Waals surface area (Å²) in [6.45, 7) is 0. The van der Waals surface area contributed by atoms with Gasteiger partial charge in [0, 0.05) is 17.0 Å². The molecule has 0 N–H and O–H groups in total. The minimum atomic E-state index is -1.70. The molecule has 0 bridgehead atoms. The maximum absolute atomic E-state index is 6.29. The predicted molar refractivity (Wildman–Crippen MR) is 122 cm³/mol. The number of hydrogen-bond acceptors (Lipinski definition) is 4. The molecule has 0 saturated heterocycles. The molecule has 0 aliphatic carbocycles. The standard InChI is InChI=1S/C25H16NO3P/c1-3-9-20-17(6-1)11-13-22-24(20)25-21-10-4-2-7-18(21)12-14-23(25)29-30(28-22)27-19-8-5-15-26-16-19/h1-16H. The number of fused-ring (bicyclic) bond motifs is 7. The van der Waals surface area contributed by atoms with Crippen molar-refractivity contribution in [2.24, 2.45) is 0 Å². The summed E-state index contributed by atoms with van der Waals surface area (Å²) in [4.78, 5) is 4.12. The molecule has 6 rings (SSSR count). The lowest BCUT2D eigenvalue weighted by molar-refractivity contribution is 0.497. The summed E-state index contributed by atoms with van der Waals surface area (Å²) in [6, 6.07) is 28.5. The van der Waals surface area contributed by atoms with Crippen molar-refractivity contribution in [1.82, 2.24) is 4.98 Å². The monoisotopic (exact) mass is 409 g/mol. The van der Waals surface area contributed by atoms with Crippen molar-refractivity contribution in [2.45, 2.75) is 0 Å². The number of pyridine rings is 1. The van der Waals surface area contributed by atoms with E-state index in [0.29, 0.717) is 5.75 Å². The van der Waals surface area contributed by atoms with Crippen LogP contribution in [0.5, 0.6) is 5.75 Å². The highest BCUT2D eigenvalue weighted by Crippen LogP contribution is 2.41. The van der Waals surface area contributed by atoms with E-state index in [1.165, 1.54) is 0 Å². The summed E-state index contributed by atoms with van der Waals surface area (Å²) in [6.07, 6.45) is 3.36. The topological polar surface area (TPSA) is 48.4 Å². The molecule has 0 aliphatic rings. The van der Waals surface area contributed by atoms with E-state index < -0.39 is 8.24 Å². The van der Waals surface area contributed by atoms with Crippen LogP contribution in [0, 0.1) is 0 Å². The van der Waals surface area contributed by atoms with Gasteiger partial charge in [-0.3, -0.25) is 4.98 Å². The Balaban J connectivity index is 1.81. The third-order valence-electron chi connectivity index (χ3n) is 5.19. The van der Waals surface area contributed by atoms with Gasteiger partial charge in [-0.15, -0.1) is 0 Å². The van der Waals surface area contributed by atoms with Gasteiger partial charge < -0.3 is 12.9 Å². The van der Waals surface area contributed by atoms with Crippen molar-refractivity contribution in [2.75, 3.05) is 0 Å². The maximum atomic E-state index is 6.29. The highest BCUT2D eigenvalue weighted by Gasteiger charge is 2.13. The van der Waals surface area contributed by atoms with Crippen LogP contribution in [0.4, 0.5) is 0 Å². The lowest BCUT2D eigenvalue weighted by Gasteiger charge is -2.05. The quantitative estimate of drug-likeness (QED) is 0.292. The van der Waals surface area contributed by atoms with E-state index in [-0.39, 0.29) is 0 Å². The predicted octanol–water partition coefficient (Wildman–Crippen LogP) is 7.83. The Morgan fingerprint density at radius 2 is 1.23 bits per heavy atom. The molecule has 2 aromatic heterocycles. The van der Waals surface area contributed by atoms with E-state index in [9.17, 15) is 0 Å².